The molecule has 1 aromatic carbocycles. The number of rotatable bonds is 3. The highest BCUT2D eigenvalue weighted by atomic mass is 16.2. The minimum absolute atomic E-state index is 0.0267. The molecule has 0 aliphatic carbocycles. The van der Waals surface area contributed by atoms with Crippen molar-refractivity contribution in [3.8, 4) is 0 Å². The Balaban J connectivity index is 1.63. The number of aromatic amines is 2. The summed E-state index contributed by atoms with van der Waals surface area (Å²) in [6.07, 6.45) is 3.05. The summed E-state index contributed by atoms with van der Waals surface area (Å²) in [6, 6.07) is 10.2. The van der Waals surface area contributed by atoms with Crippen LogP contribution in [0.4, 0.5) is 0 Å². The fraction of sp³-hybridized carbons (Fsp3) is 0.267. The minimum Gasteiger partial charge on any atom is -0.338 e. The van der Waals surface area contributed by atoms with Gasteiger partial charge in [-0.15, -0.1) is 0 Å². The van der Waals surface area contributed by atoms with E-state index in [0.29, 0.717) is 18.9 Å². The first-order valence-electron chi connectivity index (χ1n) is 6.88. The van der Waals surface area contributed by atoms with E-state index < -0.39 is 0 Å². The van der Waals surface area contributed by atoms with Crippen LogP contribution >= 0.6 is 0 Å². The molecule has 0 saturated heterocycles. The average molecular weight is 284 g/mol. The third kappa shape index (κ3) is 3.10. The molecule has 0 bridgehead atoms. The number of aromatic nitrogens is 3. The molecule has 2 heterocycles. The van der Waals surface area contributed by atoms with Gasteiger partial charge in [0.15, 0.2) is 0 Å². The highest BCUT2D eigenvalue weighted by Gasteiger charge is 2.19. The SMILES string of the molecule is O=C(Cc1n[nH]c(=O)[nH]1)N1CC=C(c2ccccc2)CC1. The second kappa shape index (κ2) is 5.78. The van der Waals surface area contributed by atoms with Gasteiger partial charge in [-0.05, 0) is 17.6 Å². The number of benzene rings is 1. The number of nitrogens with zero attached hydrogens (tertiary/aromatic N) is 2. The van der Waals surface area contributed by atoms with E-state index in [1.807, 2.05) is 18.2 Å². The summed E-state index contributed by atoms with van der Waals surface area (Å²) in [6.45, 7) is 1.28. The Hall–Kier alpha value is -2.63. The molecule has 0 unspecified atom stereocenters. The summed E-state index contributed by atoms with van der Waals surface area (Å²) in [7, 11) is 0. The van der Waals surface area contributed by atoms with Gasteiger partial charge in [0.1, 0.15) is 5.82 Å². The van der Waals surface area contributed by atoms with Gasteiger partial charge in [0, 0.05) is 13.1 Å². The van der Waals surface area contributed by atoms with Crippen LogP contribution in [0.2, 0.25) is 0 Å². The Bertz CT molecular complexity index is 715. The second-order valence-electron chi connectivity index (χ2n) is 4.99. The first-order valence-corrected chi connectivity index (χ1v) is 6.88. The van der Waals surface area contributed by atoms with Crippen LogP contribution in [0, 0.1) is 0 Å². The van der Waals surface area contributed by atoms with Gasteiger partial charge in [-0.1, -0.05) is 36.4 Å². The van der Waals surface area contributed by atoms with Gasteiger partial charge in [0.25, 0.3) is 0 Å². The molecule has 0 spiro atoms. The maximum absolute atomic E-state index is 12.1. The number of H-pyrrole nitrogens is 2. The van der Waals surface area contributed by atoms with Gasteiger partial charge in [-0.2, -0.15) is 5.10 Å². The molecule has 1 amide bonds. The van der Waals surface area contributed by atoms with Crippen molar-refractivity contribution in [2.75, 3.05) is 13.1 Å². The smallest absolute Gasteiger partial charge is 0.338 e. The number of amides is 1. The van der Waals surface area contributed by atoms with Crippen molar-refractivity contribution in [1.82, 2.24) is 20.1 Å². The van der Waals surface area contributed by atoms with Crippen molar-refractivity contribution in [1.29, 1.82) is 0 Å². The molecule has 2 N–H and O–H groups in total. The molecular weight excluding hydrogens is 268 g/mol. The van der Waals surface area contributed by atoms with E-state index in [1.54, 1.807) is 4.90 Å². The lowest BCUT2D eigenvalue weighted by atomic mass is 9.99. The molecule has 1 aliphatic rings. The van der Waals surface area contributed by atoms with Crippen molar-refractivity contribution in [2.24, 2.45) is 0 Å². The summed E-state index contributed by atoms with van der Waals surface area (Å²) < 4.78 is 0. The molecule has 0 atom stereocenters. The third-order valence-electron chi connectivity index (χ3n) is 3.58. The lowest BCUT2D eigenvalue weighted by Gasteiger charge is -2.26. The first-order chi connectivity index (χ1) is 10.2. The van der Waals surface area contributed by atoms with Crippen molar-refractivity contribution in [3.63, 3.8) is 0 Å². The first kappa shape index (κ1) is 13.4. The lowest BCUT2D eigenvalue weighted by Crippen LogP contribution is -2.36. The van der Waals surface area contributed by atoms with Gasteiger partial charge in [0.2, 0.25) is 5.91 Å². The quantitative estimate of drug-likeness (QED) is 0.880. The summed E-state index contributed by atoms with van der Waals surface area (Å²) in [5.41, 5.74) is 2.09. The zero-order valence-electron chi connectivity index (χ0n) is 11.5. The molecule has 6 nitrogen and oxygen atoms in total. The van der Waals surface area contributed by atoms with Crippen LogP contribution in [0.15, 0.2) is 41.2 Å². The van der Waals surface area contributed by atoms with Crippen LogP contribution in [-0.4, -0.2) is 39.1 Å². The lowest BCUT2D eigenvalue weighted by molar-refractivity contribution is -0.130. The number of carbonyl (C=O) groups excluding carboxylic acids is 1. The van der Waals surface area contributed by atoms with E-state index in [0.717, 1.165) is 6.42 Å². The Morgan fingerprint density at radius 1 is 1.29 bits per heavy atom. The van der Waals surface area contributed by atoms with Gasteiger partial charge in [0.05, 0.1) is 6.42 Å². The van der Waals surface area contributed by atoms with Crippen LogP contribution in [0.1, 0.15) is 17.8 Å². The van der Waals surface area contributed by atoms with E-state index in [1.165, 1.54) is 11.1 Å². The Labute approximate surface area is 121 Å². The summed E-state index contributed by atoms with van der Waals surface area (Å²) in [5.74, 6) is 0.351. The third-order valence-corrected chi connectivity index (χ3v) is 3.58. The fourth-order valence-electron chi connectivity index (χ4n) is 2.45. The average Bonchev–Trinajstić information content (AvgIpc) is 2.93. The zero-order chi connectivity index (χ0) is 14.7. The molecule has 6 heteroatoms. The van der Waals surface area contributed by atoms with Crippen LogP contribution in [0.3, 0.4) is 0 Å². The zero-order valence-corrected chi connectivity index (χ0v) is 11.5. The summed E-state index contributed by atoms with van der Waals surface area (Å²) >= 11 is 0. The molecule has 0 saturated carbocycles. The van der Waals surface area contributed by atoms with Gasteiger partial charge in [-0.3, -0.25) is 9.78 Å². The topological polar surface area (TPSA) is 81.8 Å². The number of hydrogen-bond donors (Lipinski definition) is 2. The van der Waals surface area contributed by atoms with Crippen LogP contribution in [0.25, 0.3) is 5.57 Å². The highest BCUT2D eigenvalue weighted by molar-refractivity contribution is 5.79. The number of nitrogens with one attached hydrogen (secondary N) is 2. The van der Waals surface area contributed by atoms with E-state index in [2.05, 4.69) is 33.4 Å². The molecule has 0 radical (unpaired) electrons. The predicted molar refractivity (Wildman–Crippen MR) is 78.5 cm³/mol. The van der Waals surface area contributed by atoms with Crippen LogP contribution < -0.4 is 5.69 Å². The molecule has 21 heavy (non-hydrogen) atoms. The van der Waals surface area contributed by atoms with E-state index >= 15 is 0 Å². The van der Waals surface area contributed by atoms with Crippen molar-refractivity contribution < 1.29 is 4.79 Å². The van der Waals surface area contributed by atoms with Gasteiger partial charge < -0.3 is 4.90 Å². The molecule has 3 rings (SSSR count). The van der Waals surface area contributed by atoms with E-state index in [4.69, 9.17) is 0 Å². The molecule has 1 aliphatic heterocycles. The highest BCUT2D eigenvalue weighted by Crippen LogP contribution is 2.22. The molecular formula is C15H16N4O2. The largest absolute Gasteiger partial charge is 0.340 e. The summed E-state index contributed by atoms with van der Waals surface area (Å²) in [4.78, 5) is 27.4. The van der Waals surface area contributed by atoms with Crippen molar-refractivity contribution >= 4 is 11.5 Å². The number of hydrogen-bond acceptors (Lipinski definition) is 3. The summed E-state index contributed by atoms with van der Waals surface area (Å²) in [5, 5.41) is 6.02. The monoisotopic (exact) mass is 284 g/mol. The van der Waals surface area contributed by atoms with E-state index in [9.17, 15) is 9.59 Å². The molecule has 0 fully saturated rings. The Morgan fingerprint density at radius 3 is 2.71 bits per heavy atom. The molecule has 108 valence electrons. The molecule has 2 aromatic rings. The Kier molecular flexibility index (Phi) is 3.68. The van der Waals surface area contributed by atoms with Crippen LogP contribution in [0.5, 0.6) is 0 Å². The maximum Gasteiger partial charge on any atom is 0.340 e. The minimum atomic E-state index is -0.386. The normalized spacial score (nSPS) is 14.9. The molecule has 1 aromatic heterocycles. The second-order valence-corrected chi connectivity index (χ2v) is 4.99. The predicted octanol–water partition coefficient (Wildman–Crippen LogP) is 0.956. The van der Waals surface area contributed by atoms with Crippen molar-refractivity contribution in [3.05, 3.63) is 58.3 Å². The number of carbonyl (C=O) groups is 1. The fourth-order valence-corrected chi connectivity index (χ4v) is 2.45. The Morgan fingerprint density at radius 2 is 2.10 bits per heavy atom. The van der Waals surface area contributed by atoms with E-state index in [-0.39, 0.29) is 18.0 Å². The van der Waals surface area contributed by atoms with Gasteiger partial charge in [-0.25, -0.2) is 9.89 Å². The maximum atomic E-state index is 12.1. The van der Waals surface area contributed by atoms with Gasteiger partial charge >= 0.3 is 5.69 Å². The van der Waals surface area contributed by atoms with Crippen molar-refractivity contribution in [2.45, 2.75) is 12.8 Å². The standard InChI is InChI=1S/C15H16N4O2/c20-14(10-13-16-15(21)18-17-13)19-8-6-12(7-9-19)11-4-2-1-3-5-11/h1-6H,7-10H2,(H2,16,17,18,21). The van der Waals surface area contributed by atoms with Crippen LogP contribution in [-0.2, 0) is 11.2 Å².